The lowest BCUT2D eigenvalue weighted by Crippen LogP contribution is -2.53. The third-order valence-corrected chi connectivity index (χ3v) is 5.30. The van der Waals surface area contributed by atoms with Crippen LogP contribution >= 0.6 is 0 Å². The molecule has 4 rings (SSSR count). The number of piperidine rings is 1. The summed E-state index contributed by atoms with van der Waals surface area (Å²) in [4.78, 5) is 19.0. The van der Waals surface area contributed by atoms with Crippen molar-refractivity contribution in [1.29, 1.82) is 0 Å². The predicted molar refractivity (Wildman–Crippen MR) is 92.8 cm³/mol. The van der Waals surface area contributed by atoms with Crippen LogP contribution in [0.3, 0.4) is 0 Å². The van der Waals surface area contributed by atoms with E-state index in [4.69, 9.17) is 4.74 Å². The minimum Gasteiger partial charge on any atom is -0.375 e. The summed E-state index contributed by atoms with van der Waals surface area (Å²) in [5.74, 6) is 0.123. The van der Waals surface area contributed by atoms with Gasteiger partial charge in [0.15, 0.2) is 0 Å². The topological polar surface area (TPSA) is 42.4 Å². The molecule has 0 saturated carbocycles. The van der Waals surface area contributed by atoms with Crippen molar-refractivity contribution >= 4 is 5.91 Å². The van der Waals surface area contributed by atoms with Gasteiger partial charge < -0.3 is 9.64 Å². The number of benzene rings is 1. The van der Waals surface area contributed by atoms with Crippen LogP contribution in [0.1, 0.15) is 35.3 Å². The first kappa shape index (κ1) is 15.3. The number of likely N-dealkylation sites (tertiary alicyclic amines) is 1. The Labute approximate surface area is 142 Å². The second-order valence-corrected chi connectivity index (χ2v) is 6.84. The largest absolute Gasteiger partial charge is 0.375 e. The zero-order chi connectivity index (χ0) is 16.6. The highest BCUT2D eigenvalue weighted by molar-refractivity contribution is 5.94. The second kappa shape index (κ2) is 6.02. The summed E-state index contributed by atoms with van der Waals surface area (Å²) in [6.07, 6.45) is 4.95. The van der Waals surface area contributed by atoms with Gasteiger partial charge in [0.2, 0.25) is 0 Å². The molecule has 1 amide bonds. The van der Waals surface area contributed by atoms with Gasteiger partial charge in [0.1, 0.15) is 0 Å². The Morgan fingerprint density at radius 2 is 1.71 bits per heavy atom. The SMILES string of the molecule is Cc1ccc(-c2ccc(C(=O)N3CCC4(CCO4)CC3)cc2)cn1. The van der Waals surface area contributed by atoms with Crippen LogP contribution in [0.15, 0.2) is 42.6 Å². The van der Waals surface area contributed by atoms with Crippen LogP contribution in [0.25, 0.3) is 11.1 Å². The molecule has 3 heterocycles. The Morgan fingerprint density at radius 1 is 1.04 bits per heavy atom. The number of aromatic nitrogens is 1. The molecule has 4 heteroatoms. The number of carbonyl (C=O) groups excluding carboxylic acids is 1. The Morgan fingerprint density at radius 3 is 2.25 bits per heavy atom. The van der Waals surface area contributed by atoms with Crippen LogP contribution in [0.5, 0.6) is 0 Å². The summed E-state index contributed by atoms with van der Waals surface area (Å²) >= 11 is 0. The fourth-order valence-corrected chi connectivity index (χ4v) is 3.53. The average Bonchev–Trinajstić information content (AvgIpc) is 2.61. The van der Waals surface area contributed by atoms with Crippen molar-refractivity contribution in [2.45, 2.75) is 31.8 Å². The molecule has 124 valence electrons. The van der Waals surface area contributed by atoms with Gasteiger partial charge in [-0.25, -0.2) is 0 Å². The monoisotopic (exact) mass is 322 g/mol. The Hall–Kier alpha value is -2.20. The molecule has 1 aromatic carbocycles. The summed E-state index contributed by atoms with van der Waals surface area (Å²) in [7, 11) is 0. The van der Waals surface area contributed by atoms with Gasteiger partial charge >= 0.3 is 0 Å². The van der Waals surface area contributed by atoms with Crippen LogP contribution in [-0.2, 0) is 4.74 Å². The molecule has 2 aromatic rings. The Bertz CT molecular complexity index is 723. The molecule has 0 radical (unpaired) electrons. The van der Waals surface area contributed by atoms with Crippen LogP contribution < -0.4 is 0 Å². The fourth-order valence-electron chi connectivity index (χ4n) is 3.53. The van der Waals surface area contributed by atoms with Crippen molar-refractivity contribution in [1.82, 2.24) is 9.88 Å². The van der Waals surface area contributed by atoms with E-state index in [1.54, 1.807) is 0 Å². The number of carbonyl (C=O) groups is 1. The molecule has 1 aromatic heterocycles. The van der Waals surface area contributed by atoms with Gasteiger partial charge in [-0.05, 0) is 49.9 Å². The first-order chi connectivity index (χ1) is 11.7. The molecule has 2 aliphatic heterocycles. The lowest BCUT2D eigenvalue weighted by molar-refractivity contribution is -0.169. The number of hydrogen-bond acceptors (Lipinski definition) is 3. The second-order valence-electron chi connectivity index (χ2n) is 6.84. The highest BCUT2D eigenvalue weighted by Gasteiger charge is 2.41. The number of amides is 1. The summed E-state index contributed by atoms with van der Waals surface area (Å²) < 4.78 is 5.72. The van der Waals surface area contributed by atoms with Crippen molar-refractivity contribution in [2.24, 2.45) is 0 Å². The van der Waals surface area contributed by atoms with Crippen LogP contribution in [-0.4, -0.2) is 41.1 Å². The van der Waals surface area contributed by atoms with Gasteiger partial charge in [0.25, 0.3) is 5.91 Å². The molecule has 2 aliphatic rings. The van der Waals surface area contributed by atoms with Crippen molar-refractivity contribution in [3.63, 3.8) is 0 Å². The predicted octanol–water partition coefficient (Wildman–Crippen LogP) is 3.45. The Balaban J connectivity index is 1.44. The Kier molecular flexibility index (Phi) is 3.85. The third-order valence-electron chi connectivity index (χ3n) is 5.30. The van der Waals surface area contributed by atoms with Crippen molar-refractivity contribution in [2.75, 3.05) is 19.7 Å². The van der Waals surface area contributed by atoms with Crippen LogP contribution in [0.4, 0.5) is 0 Å². The van der Waals surface area contributed by atoms with E-state index in [1.807, 2.05) is 48.4 Å². The zero-order valence-electron chi connectivity index (χ0n) is 14.0. The number of pyridine rings is 1. The highest BCUT2D eigenvalue weighted by Crippen LogP contribution is 2.37. The molecule has 0 aliphatic carbocycles. The maximum absolute atomic E-state index is 12.7. The van der Waals surface area contributed by atoms with E-state index >= 15 is 0 Å². The third kappa shape index (κ3) is 2.82. The van der Waals surface area contributed by atoms with Gasteiger partial charge in [-0.3, -0.25) is 9.78 Å². The molecule has 0 unspecified atom stereocenters. The quantitative estimate of drug-likeness (QED) is 0.850. The maximum atomic E-state index is 12.7. The number of ether oxygens (including phenoxy) is 1. The van der Waals surface area contributed by atoms with E-state index in [0.717, 1.165) is 61.3 Å². The van der Waals surface area contributed by atoms with Crippen LogP contribution in [0, 0.1) is 6.92 Å². The summed E-state index contributed by atoms with van der Waals surface area (Å²) in [6, 6.07) is 11.9. The van der Waals surface area contributed by atoms with Gasteiger partial charge in [-0.15, -0.1) is 0 Å². The van der Waals surface area contributed by atoms with Gasteiger partial charge in [-0.1, -0.05) is 18.2 Å². The summed E-state index contributed by atoms with van der Waals surface area (Å²) in [5.41, 5.74) is 3.99. The van der Waals surface area contributed by atoms with E-state index in [9.17, 15) is 4.79 Å². The van der Waals surface area contributed by atoms with E-state index < -0.39 is 0 Å². The number of hydrogen-bond donors (Lipinski definition) is 0. The van der Waals surface area contributed by atoms with Gasteiger partial charge in [0.05, 0.1) is 12.2 Å². The molecule has 2 saturated heterocycles. The molecule has 24 heavy (non-hydrogen) atoms. The molecule has 2 fully saturated rings. The summed E-state index contributed by atoms with van der Waals surface area (Å²) in [5, 5.41) is 0. The first-order valence-electron chi connectivity index (χ1n) is 8.62. The molecule has 1 spiro atoms. The summed E-state index contributed by atoms with van der Waals surface area (Å²) in [6.45, 7) is 4.44. The van der Waals surface area contributed by atoms with Crippen LogP contribution in [0.2, 0.25) is 0 Å². The molecular weight excluding hydrogens is 300 g/mol. The van der Waals surface area contributed by atoms with Crippen molar-refractivity contribution in [3.05, 3.63) is 53.9 Å². The first-order valence-corrected chi connectivity index (χ1v) is 8.62. The molecule has 0 bridgehead atoms. The maximum Gasteiger partial charge on any atom is 0.253 e. The molecule has 0 atom stereocenters. The van der Waals surface area contributed by atoms with E-state index in [2.05, 4.69) is 11.1 Å². The normalized spacial score (nSPS) is 19.1. The average molecular weight is 322 g/mol. The van der Waals surface area contributed by atoms with Gasteiger partial charge in [0, 0.05) is 36.1 Å². The van der Waals surface area contributed by atoms with E-state index in [0.29, 0.717) is 0 Å². The standard InChI is InChI=1S/C20H22N2O2/c1-15-2-3-18(14-21-15)16-4-6-17(7-5-16)19(23)22-11-8-20(9-12-22)10-13-24-20/h2-7,14H,8-13H2,1H3. The highest BCUT2D eigenvalue weighted by atomic mass is 16.5. The number of rotatable bonds is 2. The zero-order valence-corrected chi connectivity index (χ0v) is 14.0. The molecular formula is C20H22N2O2. The minimum absolute atomic E-state index is 0.0824. The molecule has 0 N–H and O–H groups in total. The minimum atomic E-state index is 0.0824. The van der Waals surface area contributed by atoms with Crippen molar-refractivity contribution in [3.8, 4) is 11.1 Å². The number of nitrogens with zero attached hydrogens (tertiary/aromatic N) is 2. The lowest BCUT2D eigenvalue weighted by Gasteiger charge is -2.47. The smallest absolute Gasteiger partial charge is 0.253 e. The van der Waals surface area contributed by atoms with Gasteiger partial charge in [-0.2, -0.15) is 0 Å². The molecule has 4 nitrogen and oxygen atoms in total. The fraction of sp³-hybridized carbons (Fsp3) is 0.400. The van der Waals surface area contributed by atoms with E-state index in [1.165, 1.54) is 0 Å². The van der Waals surface area contributed by atoms with E-state index in [-0.39, 0.29) is 11.5 Å². The number of aryl methyl sites for hydroxylation is 1. The van der Waals surface area contributed by atoms with Crippen molar-refractivity contribution < 1.29 is 9.53 Å². The lowest BCUT2D eigenvalue weighted by atomic mass is 9.84.